The number of hydrogen-bond acceptors (Lipinski definition) is 4. The number of fused-ring (bicyclic) bond motifs is 1. The molecule has 2 aromatic carbocycles. The molecule has 4 aromatic rings. The van der Waals surface area contributed by atoms with Crippen LogP contribution in [0.3, 0.4) is 0 Å². The topological polar surface area (TPSA) is 88.9 Å². The van der Waals surface area contributed by atoms with Gasteiger partial charge in [0.1, 0.15) is 6.04 Å². The second kappa shape index (κ2) is 9.01. The Morgan fingerprint density at radius 1 is 1.00 bits per heavy atom. The zero-order chi connectivity index (χ0) is 22.7. The number of carbonyl (C=O) groups is 2. The first-order valence-electron chi connectivity index (χ1n) is 10.4. The quantitative estimate of drug-likeness (QED) is 0.492. The fourth-order valence-electron chi connectivity index (χ4n) is 3.79. The van der Waals surface area contributed by atoms with Crippen LogP contribution in [-0.4, -0.2) is 32.6 Å². The molecule has 2 amide bonds. The Kier molecular flexibility index (Phi) is 5.98. The predicted molar refractivity (Wildman–Crippen MR) is 124 cm³/mol. The van der Waals surface area contributed by atoms with E-state index in [0.717, 1.165) is 5.56 Å². The summed E-state index contributed by atoms with van der Waals surface area (Å²) in [6, 6.07) is 19.8. The summed E-state index contributed by atoms with van der Waals surface area (Å²) < 4.78 is 1.66. The van der Waals surface area contributed by atoms with Crippen LogP contribution in [-0.2, 0) is 18.3 Å². The molecule has 0 aliphatic heterocycles. The molecular formula is C25H25N5O2. The van der Waals surface area contributed by atoms with Gasteiger partial charge in [0.05, 0.1) is 16.6 Å². The van der Waals surface area contributed by atoms with Gasteiger partial charge in [-0.3, -0.25) is 14.3 Å². The first kappa shape index (κ1) is 21.2. The molecule has 2 aromatic heterocycles. The highest BCUT2D eigenvalue weighted by Gasteiger charge is 2.25. The maximum Gasteiger partial charge on any atom is 0.252 e. The molecule has 0 saturated heterocycles. The van der Waals surface area contributed by atoms with Crippen LogP contribution >= 0.6 is 0 Å². The lowest BCUT2D eigenvalue weighted by molar-refractivity contribution is -0.118. The van der Waals surface area contributed by atoms with Crippen LogP contribution in [0.5, 0.6) is 0 Å². The number of amides is 2. The van der Waals surface area contributed by atoms with Crippen molar-refractivity contribution in [2.24, 2.45) is 7.05 Å². The normalized spacial score (nSPS) is 11.8. The average molecular weight is 428 g/mol. The van der Waals surface area contributed by atoms with E-state index in [2.05, 4.69) is 20.7 Å². The van der Waals surface area contributed by atoms with Gasteiger partial charge < -0.3 is 10.6 Å². The largest absolute Gasteiger partial charge is 0.340 e. The first-order chi connectivity index (χ1) is 15.4. The third-order valence-electron chi connectivity index (χ3n) is 5.29. The highest BCUT2D eigenvalue weighted by molar-refractivity contribution is 6.08. The van der Waals surface area contributed by atoms with Crippen molar-refractivity contribution in [2.75, 3.05) is 5.32 Å². The third kappa shape index (κ3) is 4.51. The minimum atomic E-state index is -0.759. The van der Waals surface area contributed by atoms with Crippen LogP contribution in [0.15, 0.2) is 66.7 Å². The Bertz CT molecular complexity index is 1270. The summed E-state index contributed by atoms with van der Waals surface area (Å²) in [5.74, 6) is -0.612. The van der Waals surface area contributed by atoms with Gasteiger partial charge in [-0.1, -0.05) is 48.5 Å². The fourth-order valence-corrected chi connectivity index (χ4v) is 3.79. The summed E-state index contributed by atoms with van der Waals surface area (Å²) in [7, 11) is 1.80. The van der Waals surface area contributed by atoms with Gasteiger partial charge in [0.25, 0.3) is 5.91 Å². The number of para-hydroxylation sites is 1. The number of benzene rings is 2. The highest BCUT2D eigenvalue weighted by Crippen LogP contribution is 2.22. The molecule has 7 nitrogen and oxygen atoms in total. The predicted octanol–water partition coefficient (Wildman–Crippen LogP) is 3.56. The Morgan fingerprint density at radius 2 is 1.66 bits per heavy atom. The summed E-state index contributed by atoms with van der Waals surface area (Å²) in [6.07, 6.45) is 0.366. The molecule has 2 heterocycles. The maximum absolute atomic E-state index is 13.4. The van der Waals surface area contributed by atoms with E-state index in [1.807, 2.05) is 74.5 Å². The molecule has 162 valence electrons. The van der Waals surface area contributed by atoms with Gasteiger partial charge in [-0.25, -0.2) is 4.98 Å². The summed E-state index contributed by atoms with van der Waals surface area (Å²) in [5.41, 5.74) is 4.15. The standard InChI is InChI=1S/C25H25N5O2/c1-16-14-20(22-17(2)29-30(3)23(22)26-16)24(31)28-21(15-18-10-6-4-7-11-18)25(32)27-19-12-8-5-9-13-19/h4-14,21H,15H2,1-3H3,(H,27,32)(H,28,31). The van der Waals surface area contributed by atoms with Gasteiger partial charge in [0.15, 0.2) is 5.65 Å². The molecule has 0 bridgehead atoms. The van der Waals surface area contributed by atoms with Crippen molar-refractivity contribution in [1.82, 2.24) is 20.1 Å². The maximum atomic E-state index is 13.4. The molecule has 0 saturated carbocycles. The molecular weight excluding hydrogens is 402 g/mol. The number of nitrogens with zero attached hydrogens (tertiary/aromatic N) is 3. The van der Waals surface area contributed by atoms with Gasteiger partial charge in [-0.15, -0.1) is 0 Å². The van der Waals surface area contributed by atoms with E-state index in [1.54, 1.807) is 17.8 Å². The van der Waals surface area contributed by atoms with Crippen LogP contribution in [0.25, 0.3) is 11.0 Å². The van der Waals surface area contributed by atoms with Crippen molar-refractivity contribution in [3.63, 3.8) is 0 Å². The lowest BCUT2D eigenvalue weighted by atomic mass is 10.0. The average Bonchev–Trinajstić information content (AvgIpc) is 3.07. The Morgan fingerprint density at radius 3 is 2.34 bits per heavy atom. The number of carbonyl (C=O) groups excluding carboxylic acids is 2. The molecule has 1 unspecified atom stereocenters. The zero-order valence-corrected chi connectivity index (χ0v) is 18.3. The summed E-state index contributed by atoms with van der Waals surface area (Å²) in [4.78, 5) is 31.0. The fraction of sp³-hybridized carbons (Fsp3) is 0.200. The molecule has 32 heavy (non-hydrogen) atoms. The number of aryl methyl sites for hydroxylation is 3. The van der Waals surface area contributed by atoms with Crippen LogP contribution in [0.2, 0.25) is 0 Å². The summed E-state index contributed by atoms with van der Waals surface area (Å²) in [6.45, 7) is 3.68. The number of aromatic nitrogens is 3. The molecule has 7 heteroatoms. The molecule has 0 aliphatic carbocycles. The smallest absolute Gasteiger partial charge is 0.252 e. The third-order valence-corrected chi connectivity index (χ3v) is 5.29. The van der Waals surface area contributed by atoms with E-state index < -0.39 is 6.04 Å². The molecule has 0 fully saturated rings. The Balaban J connectivity index is 1.65. The van der Waals surface area contributed by atoms with E-state index >= 15 is 0 Å². The van der Waals surface area contributed by atoms with Crippen molar-refractivity contribution in [3.8, 4) is 0 Å². The summed E-state index contributed by atoms with van der Waals surface area (Å²) in [5, 5.41) is 10.9. The number of anilines is 1. The molecule has 2 N–H and O–H groups in total. The molecule has 1 atom stereocenters. The van der Waals surface area contributed by atoms with Gasteiger partial charge in [0.2, 0.25) is 5.91 Å². The Hall–Kier alpha value is -4.00. The van der Waals surface area contributed by atoms with E-state index in [4.69, 9.17) is 0 Å². The lowest BCUT2D eigenvalue weighted by Gasteiger charge is -2.19. The summed E-state index contributed by atoms with van der Waals surface area (Å²) >= 11 is 0. The van der Waals surface area contributed by atoms with Gasteiger partial charge >= 0.3 is 0 Å². The van der Waals surface area contributed by atoms with Gasteiger partial charge in [-0.05, 0) is 37.6 Å². The Labute approximate surface area is 186 Å². The second-order valence-electron chi connectivity index (χ2n) is 7.79. The minimum absolute atomic E-state index is 0.279. The molecule has 0 spiro atoms. The number of nitrogens with one attached hydrogen (secondary N) is 2. The van der Waals surface area contributed by atoms with Crippen LogP contribution in [0, 0.1) is 13.8 Å². The van der Waals surface area contributed by atoms with Crippen molar-refractivity contribution < 1.29 is 9.59 Å². The van der Waals surface area contributed by atoms with Crippen molar-refractivity contribution >= 4 is 28.5 Å². The van der Waals surface area contributed by atoms with E-state index in [0.29, 0.717) is 40.1 Å². The number of rotatable bonds is 6. The van der Waals surface area contributed by atoms with Crippen LogP contribution in [0.4, 0.5) is 5.69 Å². The van der Waals surface area contributed by atoms with Crippen molar-refractivity contribution in [3.05, 3.63) is 89.2 Å². The molecule has 0 aliphatic rings. The zero-order valence-electron chi connectivity index (χ0n) is 18.3. The van der Waals surface area contributed by atoms with Crippen molar-refractivity contribution in [2.45, 2.75) is 26.3 Å². The SMILES string of the molecule is Cc1cc(C(=O)NC(Cc2ccccc2)C(=O)Nc2ccccc2)c2c(C)nn(C)c2n1. The van der Waals surface area contributed by atoms with Gasteiger partial charge in [0, 0.05) is 24.8 Å². The minimum Gasteiger partial charge on any atom is -0.340 e. The molecule has 0 radical (unpaired) electrons. The van der Waals surface area contributed by atoms with E-state index in [1.165, 1.54) is 0 Å². The van der Waals surface area contributed by atoms with Crippen LogP contribution < -0.4 is 10.6 Å². The lowest BCUT2D eigenvalue weighted by Crippen LogP contribution is -2.45. The monoisotopic (exact) mass is 427 g/mol. The van der Waals surface area contributed by atoms with Gasteiger partial charge in [-0.2, -0.15) is 5.10 Å². The van der Waals surface area contributed by atoms with Crippen LogP contribution in [0.1, 0.15) is 27.3 Å². The number of pyridine rings is 1. The molecule has 4 rings (SSSR count). The highest BCUT2D eigenvalue weighted by atomic mass is 16.2. The van der Waals surface area contributed by atoms with E-state index in [9.17, 15) is 9.59 Å². The first-order valence-corrected chi connectivity index (χ1v) is 10.4. The number of hydrogen-bond donors (Lipinski definition) is 2. The van der Waals surface area contributed by atoms with E-state index in [-0.39, 0.29) is 11.8 Å². The van der Waals surface area contributed by atoms with Crippen molar-refractivity contribution in [1.29, 1.82) is 0 Å². The second-order valence-corrected chi connectivity index (χ2v) is 7.79.